The average Bonchev–Trinajstić information content (AvgIpc) is 2.31. The molecule has 0 spiro atoms. The van der Waals surface area contributed by atoms with Gasteiger partial charge in [-0.1, -0.05) is 0 Å². The minimum atomic E-state index is -4.42. The van der Waals surface area contributed by atoms with E-state index in [0.717, 1.165) is 4.68 Å². The molecule has 0 unspecified atom stereocenters. The van der Waals surface area contributed by atoms with Crippen molar-refractivity contribution >= 4 is 0 Å². The Bertz CT molecular complexity index is 330. The number of alkyl halides is 3. The molecule has 14 heavy (non-hydrogen) atoms. The average molecular weight is 208 g/mol. The molecule has 0 aliphatic heterocycles. The molecule has 0 atom stereocenters. The maximum Gasteiger partial charge on any atom is 0.435 e. The molecule has 1 heterocycles. The highest BCUT2D eigenvalue weighted by Gasteiger charge is 2.37. The summed E-state index contributed by atoms with van der Waals surface area (Å²) in [5.74, 6) is 0.167. The van der Waals surface area contributed by atoms with Crippen LogP contribution in [0.3, 0.4) is 0 Å². The molecule has 0 saturated carbocycles. The second-order valence-electron chi connectivity index (χ2n) is 2.83. The molecule has 6 heteroatoms. The van der Waals surface area contributed by atoms with Crippen molar-refractivity contribution in [2.75, 3.05) is 6.61 Å². The first-order chi connectivity index (χ1) is 6.38. The summed E-state index contributed by atoms with van der Waals surface area (Å²) in [6.45, 7) is 3.37. The third kappa shape index (κ3) is 1.83. The molecular formula is C8H11F3N2O. The van der Waals surface area contributed by atoms with Crippen LogP contribution in [0.4, 0.5) is 13.2 Å². The highest BCUT2D eigenvalue weighted by molar-refractivity contribution is 5.31. The molecule has 0 aliphatic carbocycles. The number of hydrogen-bond donors (Lipinski definition) is 0. The molecule has 1 aromatic rings. The second kappa shape index (κ2) is 3.51. The van der Waals surface area contributed by atoms with Crippen LogP contribution < -0.4 is 4.74 Å². The molecule has 0 saturated heterocycles. The summed E-state index contributed by atoms with van der Waals surface area (Å²) in [5, 5.41) is 3.37. The Morgan fingerprint density at radius 3 is 2.36 bits per heavy atom. The zero-order valence-corrected chi connectivity index (χ0v) is 8.14. The summed E-state index contributed by atoms with van der Waals surface area (Å²) in [4.78, 5) is 0. The fourth-order valence-electron chi connectivity index (χ4n) is 1.22. The van der Waals surface area contributed by atoms with Crippen molar-refractivity contribution in [2.45, 2.75) is 20.0 Å². The Morgan fingerprint density at radius 1 is 1.43 bits per heavy atom. The van der Waals surface area contributed by atoms with Crippen LogP contribution in [0.1, 0.15) is 18.2 Å². The van der Waals surface area contributed by atoms with Crippen molar-refractivity contribution in [3.63, 3.8) is 0 Å². The Morgan fingerprint density at radius 2 is 2.00 bits per heavy atom. The molecular weight excluding hydrogens is 197 g/mol. The van der Waals surface area contributed by atoms with E-state index in [1.165, 1.54) is 14.0 Å². The van der Waals surface area contributed by atoms with E-state index in [0.29, 0.717) is 6.61 Å². The van der Waals surface area contributed by atoms with Gasteiger partial charge in [0.1, 0.15) is 0 Å². The van der Waals surface area contributed by atoms with E-state index in [4.69, 9.17) is 4.74 Å². The van der Waals surface area contributed by atoms with Crippen LogP contribution in [0, 0.1) is 6.92 Å². The molecule has 80 valence electrons. The Labute approximate surface area is 79.5 Å². The van der Waals surface area contributed by atoms with Crippen LogP contribution in [0.5, 0.6) is 5.88 Å². The van der Waals surface area contributed by atoms with E-state index in [1.54, 1.807) is 6.92 Å². The molecule has 0 N–H and O–H groups in total. The minimum Gasteiger partial charge on any atom is -0.478 e. The first-order valence-corrected chi connectivity index (χ1v) is 4.11. The van der Waals surface area contributed by atoms with Crippen molar-refractivity contribution < 1.29 is 17.9 Å². The maximum absolute atomic E-state index is 12.4. The van der Waals surface area contributed by atoms with E-state index in [2.05, 4.69) is 5.10 Å². The molecule has 1 rings (SSSR count). The van der Waals surface area contributed by atoms with Crippen LogP contribution in [-0.2, 0) is 13.2 Å². The number of ether oxygens (including phenoxy) is 1. The predicted octanol–water partition coefficient (Wildman–Crippen LogP) is 2.15. The molecule has 0 amide bonds. The van der Waals surface area contributed by atoms with E-state index < -0.39 is 11.9 Å². The number of nitrogens with zero attached hydrogens (tertiary/aromatic N) is 2. The van der Waals surface area contributed by atoms with Crippen molar-refractivity contribution in [3.05, 3.63) is 11.3 Å². The number of hydrogen-bond acceptors (Lipinski definition) is 2. The smallest absolute Gasteiger partial charge is 0.435 e. The van der Waals surface area contributed by atoms with E-state index in [1.807, 2.05) is 0 Å². The van der Waals surface area contributed by atoms with Gasteiger partial charge in [0.05, 0.1) is 6.61 Å². The molecule has 0 radical (unpaired) electrons. The summed E-state index contributed by atoms with van der Waals surface area (Å²) in [5.41, 5.74) is -0.856. The van der Waals surface area contributed by atoms with Crippen LogP contribution in [0.25, 0.3) is 0 Å². The number of aryl methyl sites for hydroxylation is 1. The number of aromatic nitrogens is 2. The fraction of sp³-hybridized carbons (Fsp3) is 0.625. The van der Waals surface area contributed by atoms with Gasteiger partial charge in [-0.2, -0.15) is 18.3 Å². The molecule has 0 aromatic carbocycles. The summed E-state index contributed by atoms with van der Waals surface area (Å²) in [7, 11) is 1.42. The second-order valence-corrected chi connectivity index (χ2v) is 2.83. The summed E-state index contributed by atoms with van der Waals surface area (Å²) < 4.78 is 43.2. The summed E-state index contributed by atoms with van der Waals surface area (Å²) in [6, 6.07) is 0. The van der Waals surface area contributed by atoms with Gasteiger partial charge in [-0.05, 0) is 13.8 Å². The molecule has 0 aliphatic rings. The van der Waals surface area contributed by atoms with E-state index in [9.17, 15) is 13.2 Å². The topological polar surface area (TPSA) is 27.1 Å². The Balaban J connectivity index is 3.17. The quantitative estimate of drug-likeness (QED) is 0.744. The zero-order valence-electron chi connectivity index (χ0n) is 8.14. The monoisotopic (exact) mass is 208 g/mol. The van der Waals surface area contributed by atoms with Crippen molar-refractivity contribution in [1.29, 1.82) is 0 Å². The van der Waals surface area contributed by atoms with Gasteiger partial charge < -0.3 is 4.74 Å². The lowest BCUT2D eigenvalue weighted by Gasteiger charge is -2.04. The van der Waals surface area contributed by atoms with Gasteiger partial charge in [-0.3, -0.25) is 0 Å². The van der Waals surface area contributed by atoms with Gasteiger partial charge in [0.2, 0.25) is 5.88 Å². The van der Waals surface area contributed by atoms with Crippen LogP contribution in [0.15, 0.2) is 0 Å². The first-order valence-electron chi connectivity index (χ1n) is 4.11. The Hall–Kier alpha value is -1.20. The lowest BCUT2D eigenvalue weighted by molar-refractivity contribution is -0.141. The molecule has 3 nitrogen and oxygen atoms in total. The van der Waals surface area contributed by atoms with Crippen molar-refractivity contribution in [1.82, 2.24) is 9.78 Å². The lowest BCUT2D eigenvalue weighted by Crippen LogP contribution is -2.08. The van der Waals surface area contributed by atoms with Crippen LogP contribution in [0.2, 0.25) is 0 Å². The van der Waals surface area contributed by atoms with Gasteiger partial charge in [0, 0.05) is 12.6 Å². The highest BCUT2D eigenvalue weighted by Crippen LogP contribution is 2.34. The van der Waals surface area contributed by atoms with Gasteiger partial charge in [-0.25, -0.2) is 4.68 Å². The standard InChI is InChI=1S/C8H11F3N2O/c1-4-14-7-5(2)6(8(9,10)11)12-13(7)3/h4H2,1-3H3. The lowest BCUT2D eigenvalue weighted by atomic mass is 10.2. The van der Waals surface area contributed by atoms with Gasteiger partial charge in [0.15, 0.2) is 5.69 Å². The normalized spacial score (nSPS) is 11.9. The van der Waals surface area contributed by atoms with E-state index in [-0.39, 0.29) is 11.4 Å². The molecule has 0 fully saturated rings. The Kier molecular flexibility index (Phi) is 2.73. The van der Waals surface area contributed by atoms with E-state index >= 15 is 0 Å². The summed E-state index contributed by atoms with van der Waals surface area (Å²) in [6.07, 6.45) is -4.42. The number of halogens is 3. The SMILES string of the molecule is CCOc1c(C)c(C(F)(F)F)nn1C. The third-order valence-electron chi connectivity index (χ3n) is 1.77. The maximum atomic E-state index is 12.4. The fourth-order valence-corrected chi connectivity index (χ4v) is 1.22. The third-order valence-corrected chi connectivity index (χ3v) is 1.77. The largest absolute Gasteiger partial charge is 0.478 e. The van der Waals surface area contributed by atoms with Gasteiger partial charge in [0.25, 0.3) is 0 Å². The van der Waals surface area contributed by atoms with Crippen LogP contribution >= 0.6 is 0 Å². The summed E-state index contributed by atoms with van der Waals surface area (Å²) >= 11 is 0. The highest BCUT2D eigenvalue weighted by atomic mass is 19.4. The predicted molar refractivity (Wildman–Crippen MR) is 44.1 cm³/mol. The van der Waals surface area contributed by atoms with Gasteiger partial charge in [-0.15, -0.1) is 0 Å². The first kappa shape index (κ1) is 10.9. The van der Waals surface area contributed by atoms with Crippen LogP contribution in [-0.4, -0.2) is 16.4 Å². The number of rotatable bonds is 2. The van der Waals surface area contributed by atoms with Crippen molar-refractivity contribution in [3.8, 4) is 5.88 Å². The minimum absolute atomic E-state index is 0.0295. The van der Waals surface area contributed by atoms with Crippen molar-refractivity contribution in [2.24, 2.45) is 7.05 Å². The molecule has 1 aromatic heterocycles. The zero-order chi connectivity index (χ0) is 10.9. The molecule has 0 bridgehead atoms. The van der Waals surface area contributed by atoms with Gasteiger partial charge >= 0.3 is 6.18 Å².